The first-order chi connectivity index (χ1) is 5.70. The van der Waals surface area contributed by atoms with Crippen LogP contribution in [-0.2, 0) is 19.1 Å². The number of esters is 2. The van der Waals surface area contributed by atoms with Gasteiger partial charge in [0.15, 0.2) is 0 Å². The zero-order valence-corrected chi connectivity index (χ0v) is 10.8. The van der Waals surface area contributed by atoms with Gasteiger partial charge in [-0.25, -0.2) is 0 Å². The van der Waals surface area contributed by atoms with Gasteiger partial charge in [-0.15, -0.1) is 0 Å². The first-order valence-corrected chi connectivity index (χ1v) is 3.84. The third-order valence-electron chi connectivity index (χ3n) is 1.47. The predicted octanol–water partition coefficient (Wildman–Crippen LogP) is 0.512. The van der Waals surface area contributed by atoms with Crippen LogP contribution in [0.15, 0.2) is 0 Å². The molecule has 13 heavy (non-hydrogen) atoms. The van der Waals surface area contributed by atoms with Crippen molar-refractivity contribution >= 4 is 35.8 Å². The maximum Gasteiger partial charge on any atom is 0.305 e. The van der Waals surface area contributed by atoms with Crippen molar-refractivity contribution in [2.45, 2.75) is 25.7 Å². The molecule has 5 heteroatoms. The second-order valence-electron chi connectivity index (χ2n) is 2.36. The van der Waals surface area contributed by atoms with E-state index < -0.39 is 0 Å². The van der Waals surface area contributed by atoms with Gasteiger partial charge in [0.2, 0.25) is 0 Å². The molecule has 0 saturated heterocycles. The molecule has 0 atom stereocenters. The fourth-order valence-electron chi connectivity index (χ4n) is 0.743. The summed E-state index contributed by atoms with van der Waals surface area (Å²) in [5.74, 6) is -0.472. The number of methoxy groups -OCH3 is 2. The zero-order chi connectivity index (χ0) is 9.40. The van der Waals surface area contributed by atoms with Crippen molar-refractivity contribution in [1.82, 2.24) is 0 Å². The van der Waals surface area contributed by atoms with Gasteiger partial charge in [-0.1, -0.05) is 0 Å². The van der Waals surface area contributed by atoms with Crippen LogP contribution in [0.25, 0.3) is 0 Å². The summed E-state index contributed by atoms with van der Waals surface area (Å²) in [6, 6.07) is 0. The van der Waals surface area contributed by atoms with E-state index in [2.05, 4.69) is 9.47 Å². The number of carbonyl (C=O) groups excluding carboxylic acids is 2. The third-order valence-corrected chi connectivity index (χ3v) is 1.47. The molecule has 0 amide bonds. The molecule has 0 spiro atoms. The van der Waals surface area contributed by atoms with Crippen molar-refractivity contribution in [3.8, 4) is 0 Å². The van der Waals surface area contributed by atoms with Gasteiger partial charge in [0.25, 0.3) is 0 Å². The number of ether oxygens (including phenoxy) is 2. The van der Waals surface area contributed by atoms with Crippen LogP contribution in [0.5, 0.6) is 0 Å². The monoisotopic (exact) mass is 294 g/mol. The number of hydrogen-bond donors (Lipinski definition) is 0. The predicted molar refractivity (Wildman–Crippen MR) is 48.3 cm³/mol. The van der Waals surface area contributed by atoms with Crippen molar-refractivity contribution in [3.63, 3.8) is 0 Å². The van der Waals surface area contributed by atoms with Crippen LogP contribution in [-0.4, -0.2) is 50.1 Å². The minimum atomic E-state index is -0.236. The van der Waals surface area contributed by atoms with Crippen LogP contribution in [0.2, 0.25) is 0 Å². The van der Waals surface area contributed by atoms with Gasteiger partial charge >= 0.3 is 11.9 Å². The van der Waals surface area contributed by atoms with Crippen LogP contribution in [0.1, 0.15) is 25.7 Å². The molecular formula is C8H14O4Sn. The Morgan fingerprint density at radius 1 is 0.923 bits per heavy atom. The average molecular weight is 293 g/mol. The number of rotatable bonds is 5. The van der Waals surface area contributed by atoms with Crippen molar-refractivity contribution in [2.75, 3.05) is 14.2 Å². The van der Waals surface area contributed by atoms with Crippen LogP contribution in [0, 0.1) is 0 Å². The van der Waals surface area contributed by atoms with Crippen molar-refractivity contribution in [3.05, 3.63) is 0 Å². The molecule has 4 nitrogen and oxygen atoms in total. The summed E-state index contributed by atoms with van der Waals surface area (Å²) in [5.41, 5.74) is 0. The maximum absolute atomic E-state index is 10.6. The quantitative estimate of drug-likeness (QED) is 0.421. The normalized spacial score (nSPS) is 8.46. The van der Waals surface area contributed by atoms with Gasteiger partial charge in [0.05, 0.1) is 14.2 Å². The molecule has 0 aromatic heterocycles. The Labute approximate surface area is 94.9 Å². The van der Waals surface area contributed by atoms with E-state index >= 15 is 0 Å². The molecule has 0 aliphatic heterocycles. The molecule has 0 unspecified atom stereocenters. The Morgan fingerprint density at radius 2 is 1.23 bits per heavy atom. The van der Waals surface area contributed by atoms with E-state index in [0.29, 0.717) is 25.7 Å². The summed E-state index contributed by atoms with van der Waals surface area (Å²) < 4.78 is 8.86. The molecule has 0 bridgehead atoms. The summed E-state index contributed by atoms with van der Waals surface area (Å²) in [5, 5.41) is 0. The Balaban J connectivity index is 0. The minimum absolute atomic E-state index is 0. The topological polar surface area (TPSA) is 52.6 Å². The summed E-state index contributed by atoms with van der Waals surface area (Å²) in [6.07, 6.45) is 2.07. The van der Waals surface area contributed by atoms with Crippen LogP contribution in [0.4, 0.5) is 0 Å². The molecule has 0 aliphatic carbocycles. The maximum atomic E-state index is 10.6. The van der Waals surface area contributed by atoms with E-state index in [0.717, 1.165) is 0 Å². The second-order valence-corrected chi connectivity index (χ2v) is 2.36. The summed E-state index contributed by atoms with van der Waals surface area (Å²) >= 11 is 0. The zero-order valence-electron chi connectivity index (χ0n) is 7.96. The Kier molecular flexibility index (Phi) is 11.5. The SMILES string of the molecule is COC(=O)CCCCC(=O)OC.[Sn]. The minimum Gasteiger partial charge on any atom is -0.469 e. The van der Waals surface area contributed by atoms with Gasteiger partial charge in [-0.2, -0.15) is 0 Å². The Hall–Kier alpha value is -0.261. The van der Waals surface area contributed by atoms with Gasteiger partial charge in [0.1, 0.15) is 0 Å². The van der Waals surface area contributed by atoms with E-state index in [1.54, 1.807) is 0 Å². The van der Waals surface area contributed by atoms with Gasteiger partial charge in [0, 0.05) is 36.7 Å². The molecule has 0 fully saturated rings. The molecule has 0 aromatic rings. The third kappa shape index (κ3) is 9.65. The van der Waals surface area contributed by atoms with E-state index in [1.165, 1.54) is 14.2 Å². The first-order valence-electron chi connectivity index (χ1n) is 3.84. The first kappa shape index (κ1) is 15.2. The van der Waals surface area contributed by atoms with E-state index in [-0.39, 0.29) is 35.8 Å². The summed E-state index contributed by atoms with van der Waals surface area (Å²) in [7, 11) is 2.70. The van der Waals surface area contributed by atoms with E-state index in [4.69, 9.17) is 0 Å². The molecular weight excluding hydrogens is 279 g/mol. The Bertz CT molecular complexity index is 140. The molecule has 4 radical (unpaired) electrons. The van der Waals surface area contributed by atoms with Crippen molar-refractivity contribution in [1.29, 1.82) is 0 Å². The number of hydrogen-bond acceptors (Lipinski definition) is 4. The molecule has 0 aromatic carbocycles. The van der Waals surface area contributed by atoms with Crippen LogP contribution >= 0.6 is 0 Å². The molecule has 0 heterocycles. The number of unbranched alkanes of at least 4 members (excludes halogenated alkanes) is 1. The van der Waals surface area contributed by atoms with Gasteiger partial charge in [-0.3, -0.25) is 9.59 Å². The fourth-order valence-corrected chi connectivity index (χ4v) is 0.743. The van der Waals surface area contributed by atoms with Crippen LogP contribution < -0.4 is 0 Å². The van der Waals surface area contributed by atoms with Crippen molar-refractivity contribution in [2.24, 2.45) is 0 Å². The largest absolute Gasteiger partial charge is 0.469 e. The molecule has 74 valence electrons. The molecule has 0 saturated carbocycles. The molecule has 0 rings (SSSR count). The van der Waals surface area contributed by atoms with Crippen LogP contribution in [0.3, 0.4) is 0 Å². The van der Waals surface area contributed by atoms with E-state index in [9.17, 15) is 9.59 Å². The average Bonchev–Trinajstić information content (AvgIpc) is 2.11. The van der Waals surface area contributed by atoms with Crippen molar-refractivity contribution < 1.29 is 19.1 Å². The van der Waals surface area contributed by atoms with Gasteiger partial charge in [-0.05, 0) is 12.8 Å². The summed E-state index contributed by atoms with van der Waals surface area (Å²) in [6.45, 7) is 0. The second kappa shape index (κ2) is 9.82. The van der Waals surface area contributed by atoms with E-state index in [1.807, 2.05) is 0 Å². The standard InChI is InChI=1S/C8H14O4.Sn/c1-11-7(9)5-3-4-6-8(10)12-2;/h3-6H2,1-2H3;. The molecule has 0 aliphatic rings. The van der Waals surface area contributed by atoms with Gasteiger partial charge < -0.3 is 9.47 Å². The fraction of sp³-hybridized carbons (Fsp3) is 0.750. The molecule has 0 N–H and O–H groups in total. The Morgan fingerprint density at radius 3 is 1.46 bits per heavy atom. The smallest absolute Gasteiger partial charge is 0.305 e. The number of carbonyl (C=O) groups is 2. The summed E-state index contributed by atoms with van der Waals surface area (Å²) in [4.78, 5) is 21.2.